The van der Waals surface area contributed by atoms with Crippen LogP contribution in [0.15, 0.2) is 40.9 Å². The van der Waals surface area contributed by atoms with Crippen LogP contribution in [-0.2, 0) is 4.79 Å². The predicted octanol–water partition coefficient (Wildman–Crippen LogP) is 2.71. The molecular weight excluding hydrogens is 294 g/mol. The van der Waals surface area contributed by atoms with E-state index in [4.69, 9.17) is 9.26 Å². The molecule has 0 bridgehead atoms. The van der Waals surface area contributed by atoms with Gasteiger partial charge in [-0.1, -0.05) is 23.4 Å². The summed E-state index contributed by atoms with van der Waals surface area (Å²) in [6.45, 7) is 5.04. The van der Waals surface area contributed by atoms with Crippen molar-refractivity contribution in [3.8, 4) is 5.75 Å². The lowest BCUT2D eigenvalue weighted by molar-refractivity contribution is -0.120. The van der Waals surface area contributed by atoms with E-state index < -0.39 is 0 Å². The Morgan fingerprint density at radius 1 is 1.39 bits per heavy atom. The van der Waals surface area contributed by atoms with E-state index in [2.05, 4.69) is 10.5 Å². The molecule has 2 aromatic rings. The largest absolute Gasteiger partial charge is 0.494 e. The first-order valence-corrected chi connectivity index (χ1v) is 7.68. The maximum atomic E-state index is 12.1. The van der Waals surface area contributed by atoms with Gasteiger partial charge in [-0.3, -0.25) is 15.0 Å². The van der Waals surface area contributed by atoms with Gasteiger partial charge in [-0.25, -0.2) is 0 Å². The number of rotatable bonds is 8. The van der Waals surface area contributed by atoms with Crippen molar-refractivity contribution in [2.75, 3.05) is 25.5 Å². The third-order valence-corrected chi connectivity index (χ3v) is 3.58. The van der Waals surface area contributed by atoms with E-state index in [1.807, 2.05) is 49.2 Å². The van der Waals surface area contributed by atoms with Gasteiger partial charge in [0.15, 0.2) is 0 Å². The number of benzene rings is 1. The summed E-state index contributed by atoms with van der Waals surface area (Å²) in [4.78, 5) is 14.1. The molecule has 2 rings (SSSR count). The molecule has 1 unspecified atom stereocenters. The number of aryl methyl sites for hydroxylation is 1. The van der Waals surface area contributed by atoms with Crippen molar-refractivity contribution >= 4 is 11.8 Å². The second-order valence-corrected chi connectivity index (χ2v) is 5.49. The minimum atomic E-state index is -0.267. The summed E-state index contributed by atoms with van der Waals surface area (Å²) >= 11 is 0. The number of amides is 1. The third kappa shape index (κ3) is 5.41. The maximum Gasteiger partial charge on any atom is 0.243 e. The van der Waals surface area contributed by atoms with Crippen molar-refractivity contribution in [3.05, 3.63) is 42.1 Å². The summed E-state index contributed by atoms with van der Waals surface area (Å²) < 4.78 is 10.6. The number of para-hydroxylation sites is 1. The van der Waals surface area contributed by atoms with E-state index >= 15 is 0 Å². The molecule has 0 saturated heterocycles. The van der Waals surface area contributed by atoms with Crippen LogP contribution in [0.2, 0.25) is 0 Å². The molecule has 0 saturated carbocycles. The second-order valence-electron chi connectivity index (χ2n) is 5.49. The molecule has 0 aliphatic heterocycles. The number of aromatic nitrogens is 1. The summed E-state index contributed by atoms with van der Waals surface area (Å²) in [7, 11) is 1.92. The lowest BCUT2D eigenvalue weighted by Gasteiger charge is -2.23. The Morgan fingerprint density at radius 2 is 2.13 bits per heavy atom. The molecule has 1 aromatic heterocycles. The molecule has 0 fully saturated rings. The monoisotopic (exact) mass is 317 g/mol. The normalized spacial score (nSPS) is 12.2. The predicted molar refractivity (Wildman–Crippen MR) is 88.5 cm³/mol. The number of hydrogen-bond acceptors (Lipinski definition) is 5. The Balaban J connectivity index is 1.69. The summed E-state index contributed by atoms with van der Waals surface area (Å²) in [5.41, 5.74) is 0.736. The highest BCUT2D eigenvalue weighted by atomic mass is 16.5. The number of ether oxygens (including phenoxy) is 1. The molecule has 0 aliphatic rings. The van der Waals surface area contributed by atoms with Crippen LogP contribution < -0.4 is 10.1 Å². The van der Waals surface area contributed by atoms with E-state index in [1.54, 1.807) is 13.0 Å². The Bertz CT molecular complexity index is 613. The molecule has 1 aromatic carbocycles. The Morgan fingerprint density at radius 3 is 2.78 bits per heavy atom. The molecule has 1 N–H and O–H groups in total. The minimum absolute atomic E-state index is 0.118. The van der Waals surface area contributed by atoms with Gasteiger partial charge in [0.25, 0.3) is 0 Å². The smallest absolute Gasteiger partial charge is 0.243 e. The zero-order chi connectivity index (χ0) is 16.7. The van der Waals surface area contributed by atoms with Crippen molar-refractivity contribution in [1.29, 1.82) is 0 Å². The Hall–Kier alpha value is -2.34. The molecular formula is C17H23N3O3. The molecule has 0 aliphatic carbocycles. The van der Waals surface area contributed by atoms with Crippen molar-refractivity contribution in [3.63, 3.8) is 0 Å². The topological polar surface area (TPSA) is 67.6 Å². The molecule has 1 atom stereocenters. The van der Waals surface area contributed by atoms with Crippen LogP contribution in [0.3, 0.4) is 0 Å². The summed E-state index contributed by atoms with van der Waals surface area (Å²) in [5, 5.41) is 6.46. The molecule has 1 heterocycles. The van der Waals surface area contributed by atoms with Gasteiger partial charge in [-0.2, -0.15) is 0 Å². The van der Waals surface area contributed by atoms with E-state index in [1.165, 1.54) is 0 Å². The SMILES string of the molecule is Cc1cc(NC(=O)C(C)N(C)CCCOc2ccccc2)on1. The van der Waals surface area contributed by atoms with Gasteiger partial charge in [-0.15, -0.1) is 0 Å². The first-order chi connectivity index (χ1) is 11.1. The van der Waals surface area contributed by atoms with Crippen LogP contribution in [0.4, 0.5) is 5.88 Å². The van der Waals surface area contributed by atoms with Crippen LogP contribution in [0.25, 0.3) is 0 Å². The standard InChI is InChI=1S/C17H23N3O3/c1-13-12-16(23-19-13)18-17(21)14(2)20(3)10-7-11-22-15-8-5-4-6-9-15/h4-6,8-9,12,14H,7,10-11H2,1-3H3,(H,18,21). The second kappa shape index (κ2) is 8.33. The van der Waals surface area contributed by atoms with Crippen molar-refractivity contribution in [1.82, 2.24) is 10.1 Å². The number of likely N-dealkylation sites (N-methyl/N-ethyl adjacent to an activating group) is 1. The third-order valence-electron chi connectivity index (χ3n) is 3.58. The fraction of sp³-hybridized carbons (Fsp3) is 0.412. The van der Waals surface area contributed by atoms with Gasteiger partial charge in [0.1, 0.15) is 5.75 Å². The molecule has 6 heteroatoms. The number of nitrogens with one attached hydrogen (secondary N) is 1. The zero-order valence-corrected chi connectivity index (χ0v) is 13.8. The van der Waals surface area contributed by atoms with E-state index in [-0.39, 0.29) is 11.9 Å². The number of carbonyl (C=O) groups is 1. The van der Waals surface area contributed by atoms with Crippen LogP contribution in [0.1, 0.15) is 19.0 Å². The quantitative estimate of drug-likeness (QED) is 0.758. The van der Waals surface area contributed by atoms with Gasteiger partial charge in [0.05, 0.1) is 18.3 Å². The number of anilines is 1. The van der Waals surface area contributed by atoms with Crippen LogP contribution in [0, 0.1) is 6.92 Å². The highest BCUT2D eigenvalue weighted by Gasteiger charge is 2.19. The fourth-order valence-corrected chi connectivity index (χ4v) is 2.06. The Labute approximate surface area is 136 Å². The van der Waals surface area contributed by atoms with Crippen LogP contribution >= 0.6 is 0 Å². The first-order valence-electron chi connectivity index (χ1n) is 7.68. The highest BCUT2D eigenvalue weighted by molar-refractivity contribution is 5.93. The van der Waals surface area contributed by atoms with Gasteiger partial charge >= 0.3 is 0 Å². The van der Waals surface area contributed by atoms with Crippen molar-refractivity contribution < 1.29 is 14.1 Å². The van der Waals surface area contributed by atoms with Crippen molar-refractivity contribution in [2.45, 2.75) is 26.3 Å². The lowest BCUT2D eigenvalue weighted by atomic mass is 10.2. The average molecular weight is 317 g/mol. The number of nitrogens with zero attached hydrogens (tertiary/aromatic N) is 2. The minimum Gasteiger partial charge on any atom is -0.494 e. The average Bonchev–Trinajstić information content (AvgIpc) is 2.96. The molecule has 0 spiro atoms. The Kier molecular flexibility index (Phi) is 6.17. The molecule has 124 valence electrons. The van der Waals surface area contributed by atoms with Gasteiger partial charge in [0, 0.05) is 12.6 Å². The maximum absolute atomic E-state index is 12.1. The van der Waals surface area contributed by atoms with Crippen LogP contribution in [-0.4, -0.2) is 42.2 Å². The van der Waals surface area contributed by atoms with E-state index in [0.29, 0.717) is 12.5 Å². The van der Waals surface area contributed by atoms with E-state index in [0.717, 1.165) is 24.4 Å². The van der Waals surface area contributed by atoms with Gasteiger partial charge in [-0.05, 0) is 39.4 Å². The summed E-state index contributed by atoms with van der Waals surface area (Å²) in [5.74, 6) is 1.12. The van der Waals surface area contributed by atoms with Gasteiger partial charge in [0.2, 0.25) is 11.8 Å². The fourth-order valence-electron chi connectivity index (χ4n) is 2.06. The van der Waals surface area contributed by atoms with Gasteiger partial charge < -0.3 is 9.26 Å². The molecule has 23 heavy (non-hydrogen) atoms. The molecule has 6 nitrogen and oxygen atoms in total. The molecule has 1 amide bonds. The number of hydrogen-bond donors (Lipinski definition) is 1. The van der Waals surface area contributed by atoms with Crippen molar-refractivity contribution in [2.24, 2.45) is 0 Å². The lowest BCUT2D eigenvalue weighted by Crippen LogP contribution is -2.40. The summed E-state index contributed by atoms with van der Waals surface area (Å²) in [6.07, 6.45) is 0.838. The first kappa shape index (κ1) is 17.0. The highest BCUT2D eigenvalue weighted by Crippen LogP contribution is 2.11. The van der Waals surface area contributed by atoms with Crippen LogP contribution in [0.5, 0.6) is 5.75 Å². The molecule has 0 radical (unpaired) electrons. The summed E-state index contributed by atoms with van der Waals surface area (Å²) in [6, 6.07) is 11.1. The zero-order valence-electron chi connectivity index (χ0n) is 13.8. The van der Waals surface area contributed by atoms with E-state index in [9.17, 15) is 4.79 Å². The number of carbonyl (C=O) groups excluding carboxylic acids is 1.